The number of aliphatic hydroxyl groups excluding tert-OH is 1. The highest BCUT2D eigenvalue weighted by Gasteiger charge is 2.28. The highest BCUT2D eigenvalue weighted by molar-refractivity contribution is 4.82. The number of likely N-dealkylation sites (N-methyl/N-ethyl adjacent to an activating group) is 1. The van der Waals surface area contributed by atoms with Crippen LogP contribution in [0.3, 0.4) is 0 Å². The summed E-state index contributed by atoms with van der Waals surface area (Å²) in [5.41, 5.74) is 0.340. The first kappa shape index (κ1) is 14.9. The van der Waals surface area contributed by atoms with Crippen molar-refractivity contribution in [3.8, 4) is 0 Å². The molecule has 15 heavy (non-hydrogen) atoms. The maximum atomic E-state index is 9.12. The van der Waals surface area contributed by atoms with Crippen molar-refractivity contribution in [3.05, 3.63) is 0 Å². The summed E-state index contributed by atoms with van der Waals surface area (Å²) in [6.45, 7) is 8.89. The van der Waals surface area contributed by atoms with E-state index in [-0.39, 0.29) is 12.6 Å². The molecule has 0 heterocycles. The second-order valence-electron chi connectivity index (χ2n) is 4.68. The number of nitrogens with zero attached hydrogens (tertiary/aromatic N) is 1. The second-order valence-corrected chi connectivity index (χ2v) is 4.68. The molecular formula is C12H28N2O. The molecule has 0 aliphatic heterocycles. The van der Waals surface area contributed by atoms with E-state index in [9.17, 15) is 0 Å². The van der Waals surface area contributed by atoms with E-state index in [1.54, 1.807) is 0 Å². The van der Waals surface area contributed by atoms with Crippen molar-refractivity contribution >= 4 is 0 Å². The standard InChI is InChI=1S/C12H28N2O/c1-6-12(7-2,9-13-4)10-14(5)11(3)8-15/h11,13,15H,6-10H2,1-5H3. The topological polar surface area (TPSA) is 35.5 Å². The fourth-order valence-corrected chi connectivity index (χ4v) is 1.98. The van der Waals surface area contributed by atoms with E-state index in [0.717, 1.165) is 13.1 Å². The minimum Gasteiger partial charge on any atom is -0.395 e. The summed E-state index contributed by atoms with van der Waals surface area (Å²) in [7, 11) is 4.10. The van der Waals surface area contributed by atoms with Crippen molar-refractivity contribution in [2.45, 2.75) is 39.7 Å². The molecule has 1 atom stereocenters. The summed E-state index contributed by atoms with van der Waals surface area (Å²) in [6.07, 6.45) is 2.35. The van der Waals surface area contributed by atoms with Gasteiger partial charge in [0.05, 0.1) is 6.61 Å². The summed E-state index contributed by atoms with van der Waals surface area (Å²) in [4.78, 5) is 2.25. The van der Waals surface area contributed by atoms with Gasteiger partial charge >= 0.3 is 0 Å². The van der Waals surface area contributed by atoms with Crippen LogP contribution < -0.4 is 5.32 Å². The SMILES string of the molecule is CCC(CC)(CNC)CN(C)C(C)CO. The van der Waals surface area contributed by atoms with Crippen LogP contribution in [0.4, 0.5) is 0 Å². The van der Waals surface area contributed by atoms with Crippen LogP contribution in [0.5, 0.6) is 0 Å². The van der Waals surface area contributed by atoms with Crippen LogP contribution in [0.2, 0.25) is 0 Å². The molecule has 0 saturated heterocycles. The van der Waals surface area contributed by atoms with Gasteiger partial charge in [0.1, 0.15) is 0 Å². The number of aliphatic hydroxyl groups is 1. The van der Waals surface area contributed by atoms with Crippen molar-refractivity contribution in [2.24, 2.45) is 5.41 Å². The van der Waals surface area contributed by atoms with Crippen LogP contribution in [0.25, 0.3) is 0 Å². The van der Waals surface area contributed by atoms with Crippen molar-refractivity contribution in [3.63, 3.8) is 0 Å². The van der Waals surface area contributed by atoms with Gasteiger partial charge in [0.15, 0.2) is 0 Å². The smallest absolute Gasteiger partial charge is 0.0584 e. The molecule has 0 aromatic carbocycles. The van der Waals surface area contributed by atoms with E-state index in [1.165, 1.54) is 12.8 Å². The molecule has 0 aromatic rings. The molecule has 0 aromatic heterocycles. The fraction of sp³-hybridized carbons (Fsp3) is 1.00. The molecular weight excluding hydrogens is 188 g/mol. The first-order chi connectivity index (χ1) is 7.05. The van der Waals surface area contributed by atoms with Gasteiger partial charge in [-0.1, -0.05) is 13.8 Å². The van der Waals surface area contributed by atoms with Crippen LogP contribution in [0, 0.1) is 5.41 Å². The lowest BCUT2D eigenvalue weighted by Crippen LogP contribution is -2.45. The van der Waals surface area contributed by atoms with Crippen molar-refractivity contribution < 1.29 is 5.11 Å². The second kappa shape index (κ2) is 7.20. The monoisotopic (exact) mass is 216 g/mol. The first-order valence-corrected chi connectivity index (χ1v) is 6.01. The Bertz CT molecular complexity index is 158. The van der Waals surface area contributed by atoms with Gasteiger partial charge in [-0.2, -0.15) is 0 Å². The van der Waals surface area contributed by atoms with Gasteiger partial charge < -0.3 is 15.3 Å². The van der Waals surface area contributed by atoms with Crippen LogP contribution in [0.1, 0.15) is 33.6 Å². The molecule has 0 fully saturated rings. The zero-order valence-electron chi connectivity index (χ0n) is 11.0. The molecule has 0 rings (SSSR count). The van der Waals surface area contributed by atoms with Gasteiger partial charge in [0.2, 0.25) is 0 Å². The lowest BCUT2D eigenvalue weighted by Gasteiger charge is -2.37. The molecule has 0 bridgehead atoms. The quantitative estimate of drug-likeness (QED) is 0.642. The third-order valence-electron chi connectivity index (χ3n) is 3.65. The molecule has 0 amide bonds. The number of rotatable bonds is 8. The molecule has 0 spiro atoms. The Morgan fingerprint density at radius 3 is 2.20 bits per heavy atom. The number of hydrogen-bond acceptors (Lipinski definition) is 3. The minimum absolute atomic E-state index is 0.236. The molecule has 1 unspecified atom stereocenters. The highest BCUT2D eigenvalue weighted by atomic mass is 16.3. The van der Waals surface area contributed by atoms with Gasteiger partial charge in [0.25, 0.3) is 0 Å². The van der Waals surface area contributed by atoms with E-state index >= 15 is 0 Å². The maximum Gasteiger partial charge on any atom is 0.0584 e. The predicted molar refractivity (Wildman–Crippen MR) is 66.1 cm³/mol. The van der Waals surface area contributed by atoms with Gasteiger partial charge in [-0.25, -0.2) is 0 Å². The number of nitrogens with one attached hydrogen (secondary N) is 1. The first-order valence-electron chi connectivity index (χ1n) is 6.01. The summed E-state index contributed by atoms with van der Waals surface area (Å²) >= 11 is 0. The van der Waals surface area contributed by atoms with Crippen LogP contribution in [0.15, 0.2) is 0 Å². The normalized spacial score (nSPS) is 14.6. The minimum atomic E-state index is 0.236. The Labute approximate surface area is 94.9 Å². The Balaban J connectivity index is 4.38. The Morgan fingerprint density at radius 2 is 1.87 bits per heavy atom. The van der Waals surface area contributed by atoms with Gasteiger partial charge in [-0.05, 0) is 39.3 Å². The lowest BCUT2D eigenvalue weighted by molar-refractivity contribution is 0.0963. The zero-order chi connectivity index (χ0) is 11.9. The molecule has 92 valence electrons. The van der Waals surface area contributed by atoms with Crippen LogP contribution in [-0.4, -0.2) is 49.8 Å². The van der Waals surface area contributed by atoms with E-state index < -0.39 is 0 Å². The van der Waals surface area contributed by atoms with E-state index in [0.29, 0.717) is 5.41 Å². The van der Waals surface area contributed by atoms with E-state index in [4.69, 9.17) is 5.11 Å². The third-order valence-corrected chi connectivity index (χ3v) is 3.65. The molecule has 0 saturated carbocycles. The molecule has 2 N–H and O–H groups in total. The van der Waals surface area contributed by atoms with E-state index in [1.807, 2.05) is 7.05 Å². The van der Waals surface area contributed by atoms with Gasteiger partial charge in [0, 0.05) is 19.1 Å². The van der Waals surface area contributed by atoms with E-state index in [2.05, 4.69) is 38.0 Å². The third kappa shape index (κ3) is 4.49. The maximum absolute atomic E-state index is 9.12. The fourth-order valence-electron chi connectivity index (χ4n) is 1.98. The van der Waals surface area contributed by atoms with Crippen molar-refractivity contribution in [1.82, 2.24) is 10.2 Å². The van der Waals surface area contributed by atoms with Crippen LogP contribution >= 0.6 is 0 Å². The highest BCUT2D eigenvalue weighted by Crippen LogP contribution is 2.26. The molecule has 3 heteroatoms. The Hall–Kier alpha value is -0.120. The average Bonchev–Trinajstić information content (AvgIpc) is 2.27. The molecule has 0 aliphatic rings. The Kier molecular flexibility index (Phi) is 7.14. The molecule has 0 aliphatic carbocycles. The van der Waals surface area contributed by atoms with Gasteiger partial charge in [-0.3, -0.25) is 0 Å². The molecule has 3 nitrogen and oxygen atoms in total. The summed E-state index contributed by atoms with van der Waals surface area (Å²) in [5, 5.41) is 12.4. The predicted octanol–water partition coefficient (Wildman–Crippen LogP) is 1.32. The zero-order valence-corrected chi connectivity index (χ0v) is 11.0. The largest absolute Gasteiger partial charge is 0.395 e. The van der Waals surface area contributed by atoms with Crippen molar-refractivity contribution in [2.75, 3.05) is 33.8 Å². The summed E-state index contributed by atoms with van der Waals surface area (Å²) in [5.74, 6) is 0. The molecule has 0 radical (unpaired) electrons. The lowest BCUT2D eigenvalue weighted by atomic mass is 9.81. The number of hydrogen-bond donors (Lipinski definition) is 2. The summed E-state index contributed by atoms with van der Waals surface area (Å²) in [6, 6.07) is 0.249. The summed E-state index contributed by atoms with van der Waals surface area (Å²) < 4.78 is 0. The van der Waals surface area contributed by atoms with Crippen molar-refractivity contribution in [1.29, 1.82) is 0 Å². The van der Waals surface area contributed by atoms with Crippen LogP contribution in [-0.2, 0) is 0 Å². The van der Waals surface area contributed by atoms with Gasteiger partial charge in [-0.15, -0.1) is 0 Å². The Morgan fingerprint density at radius 1 is 1.33 bits per heavy atom. The average molecular weight is 216 g/mol.